The largest absolute Gasteiger partial charge is 0.307 e. The van der Waals surface area contributed by atoms with Crippen LogP contribution in [-0.4, -0.2) is 15.4 Å². The summed E-state index contributed by atoms with van der Waals surface area (Å²) in [5.41, 5.74) is 14.5. The molecule has 27 heavy (non-hydrogen) atoms. The molecule has 0 radical (unpaired) electrons. The topological polar surface area (TPSA) is 66.3 Å². The monoisotopic (exact) mass is 360 g/mol. The van der Waals surface area contributed by atoms with Gasteiger partial charge in [-0.25, -0.2) is 10.5 Å². The number of hydrazine groups is 2. The van der Waals surface area contributed by atoms with Gasteiger partial charge in [0.05, 0.1) is 6.33 Å². The lowest BCUT2D eigenvalue weighted by Crippen LogP contribution is -2.35. The summed E-state index contributed by atoms with van der Waals surface area (Å²) >= 11 is 0. The SMILES string of the molecule is C\C=C(/C(=C\C(=C/C)n1ccnc1)C1CC1)c1ccc(C2=NNNN2)cc1. The van der Waals surface area contributed by atoms with Gasteiger partial charge in [-0.15, -0.1) is 10.6 Å². The zero-order valence-corrected chi connectivity index (χ0v) is 15.6. The summed E-state index contributed by atoms with van der Waals surface area (Å²) in [6.07, 6.45) is 14.8. The summed E-state index contributed by atoms with van der Waals surface area (Å²) in [6.45, 7) is 4.18. The highest BCUT2D eigenvalue weighted by Gasteiger charge is 2.28. The highest BCUT2D eigenvalue weighted by molar-refractivity contribution is 5.99. The minimum absolute atomic E-state index is 0.628. The summed E-state index contributed by atoms with van der Waals surface area (Å²) in [5, 5.41) is 4.16. The van der Waals surface area contributed by atoms with Crippen molar-refractivity contribution in [1.82, 2.24) is 26.0 Å². The van der Waals surface area contributed by atoms with Crippen molar-refractivity contribution in [3.63, 3.8) is 0 Å². The molecular weight excluding hydrogens is 336 g/mol. The quantitative estimate of drug-likeness (QED) is 0.690. The van der Waals surface area contributed by atoms with Gasteiger partial charge in [0.15, 0.2) is 5.84 Å². The van der Waals surface area contributed by atoms with E-state index in [1.165, 1.54) is 29.6 Å². The number of allylic oxidation sites excluding steroid dienone is 6. The van der Waals surface area contributed by atoms with Gasteiger partial charge in [0.25, 0.3) is 0 Å². The normalized spacial score (nSPS) is 18.1. The maximum absolute atomic E-state index is 4.18. The van der Waals surface area contributed by atoms with Gasteiger partial charge < -0.3 is 4.57 Å². The van der Waals surface area contributed by atoms with E-state index in [-0.39, 0.29) is 0 Å². The molecule has 4 rings (SSSR count). The molecule has 1 aliphatic carbocycles. The van der Waals surface area contributed by atoms with Gasteiger partial charge in [0.1, 0.15) is 0 Å². The first-order valence-corrected chi connectivity index (χ1v) is 9.27. The Bertz CT molecular complexity index is 912. The van der Waals surface area contributed by atoms with Crippen molar-refractivity contribution in [2.45, 2.75) is 26.7 Å². The van der Waals surface area contributed by atoms with Crippen LogP contribution >= 0.6 is 0 Å². The average Bonchev–Trinajstić information content (AvgIpc) is 3.16. The number of aromatic nitrogens is 2. The number of hydrogen-bond donors (Lipinski definition) is 3. The molecule has 1 fully saturated rings. The first kappa shape index (κ1) is 17.3. The molecule has 0 amide bonds. The molecule has 0 saturated heterocycles. The predicted molar refractivity (Wildman–Crippen MR) is 109 cm³/mol. The van der Waals surface area contributed by atoms with Crippen molar-refractivity contribution in [3.8, 4) is 0 Å². The smallest absolute Gasteiger partial charge is 0.170 e. The van der Waals surface area contributed by atoms with E-state index < -0.39 is 0 Å². The molecule has 0 bridgehead atoms. The van der Waals surface area contributed by atoms with E-state index in [1.54, 1.807) is 0 Å². The summed E-state index contributed by atoms with van der Waals surface area (Å²) in [4.78, 5) is 4.18. The maximum Gasteiger partial charge on any atom is 0.170 e. The van der Waals surface area contributed by atoms with E-state index in [0.717, 1.165) is 17.1 Å². The van der Waals surface area contributed by atoms with Crippen molar-refractivity contribution in [3.05, 3.63) is 77.9 Å². The first-order valence-electron chi connectivity index (χ1n) is 9.27. The van der Waals surface area contributed by atoms with E-state index in [2.05, 4.69) is 87.5 Å². The number of hydrazone groups is 1. The predicted octanol–water partition coefficient (Wildman–Crippen LogP) is 3.46. The number of benzene rings is 1. The van der Waals surface area contributed by atoms with Crippen molar-refractivity contribution in [1.29, 1.82) is 0 Å². The summed E-state index contributed by atoms with van der Waals surface area (Å²) in [5.74, 6) is 1.42. The second-order valence-electron chi connectivity index (χ2n) is 6.66. The summed E-state index contributed by atoms with van der Waals surface area (Å²) in [7, 11) is 0. The molecule has 2 heterocycles. The van der Waals surface area contributed by atoms with Crippen LogP contribution in [0.1, 0.15) is 37.8 Å². The average molecular weight is 360 g/mol. The number of nitrogens with zero attached hydrogens (tertiary/aromatic N) is 3. The molecule has 3 N–H and O–H groups in total. The highest BCUT2D eigenvalue weighted by Crippen LogP contribution is 2.44. The maximum atomic E-state index is 4.18. The van der Waals surface area contributed by atoms with Crippen LogP contribution in [0.5, 0.6) is 0 Å². The van der Waals surface area contributed by atoms with E-state index in [9.17, 15) is 0 Å². The van der Waals surface area contributed by atoms with E-state index in [1.807, 2.05) is 18.7 Å². The molecule has 6 nitrogen and oxygen atoms in total. The molecule has 2 aromatic rings. The van der Waals surface area contributed by atoms with Gasteiger partial charge in [-0.2, -0.15) is 0 Å². The van der Waals surface area contributed by atoms with Gasteiger partial charge in [0.2, 0.25) is 0 Å². The van der Waals surface area contributed by atoms with E-state index in [0.29, 0.717) is 5.92 Å². The molecule has 0 unspecified atom stereocenters. The lowest BCUT2D eigenvalue weighted by Gasteiger charge is -2.14. The van der Waals surface area contributed by atoms with Crippen LogP contribution in [0.15, 0.2) is 71.9 Å². The number of rotatable bonds is 6. The van der Waals surface area contributed by atoms with Crippen LogP contribution in [-0.2, 0) is 0 Å². The Hall–Kier alpha value is -3.12. The lowest BCUT2D eigenvalue weighted by atomic mass is 9.92. The second kappa shape index (κ2) is 7.63. The fourth-order valence-electron chi connectivity index (χ4n) is 3.33. The molecule has 1 saturated carbocycles. The molecule has 2 aliphatic rings. The van der Waals surface area contributed by atoms with Crippen LogP contribution in [0.4, 0.5) is 0 Å². The Balaban J connectivity index is 1.66. The van der Waals surface area contributed by atoms with Gasteiger partial charge in [-0.1, -0.05) is 36.4 Å². The van der Waals surface area contributed by atoms with Gasteiger partial charge in [-0.3, -0.25) is 5.43 Å². The van der Waals surface area contributed by atoms with Crippen LogP contribution in [0.2, 0.25) is 0 Å². The molecule has 0 spiro atoms. The number of nitrogens with one attached hydrogen (secondary N) is 3. The number of imidazole rings is 1. The summed E-state index contributed by atoms with van der Waals surface area (Å²) < 4.78 is 2.06. The fraction of sp³-hybridized carbons (Fsp3) is 0.238. The third kappa shape index (κ3) is 3.71. The van der Waals surface area contributed by atoms with Gasteiger partial charge in [-0.05, 0) is 55.4 Å². The minimum Gasteiger partial charge on any atom is -0.307 e. The van der Waals surface area contributed by atoms with Crippen LogP contribution in [0.3, 0.4) is 0 Å². The van der Waals surface area contributed by atoms with Crippen molar-refractivity contribution in [2.75, 3.05) is 0 Å². The molecule has 1 aromatic heterocycles. The van der Waals surface area contributed by atoms with Crippen LogP contribution in [0.25, 0.3) is 11.3 Å². The lowest BCUT2D eigenvalue weighted by molar-refractivity contribution is 0.577. The number of hydrogen-bond acceptors (Lipinski definition) is 5. The Kier molecular flexibility index (Phi) is 4.89. The van der Waals surface area contributed by atoms with Gasteiger partial charge in [0, 0.05) is 23.7 Å². The van der Waals surface area contributed by atoms with Crippen LogP contribution in [0, 0.1) is 5.92 Å². The Morgan fingerprint density at radius 1 is 1.15 bits per heavy atom. The molecule has 6 heteroatoms. The van der Waals surface area contributed by atoms with Crippen molar-refractivity contribution in [2.24, 2.45) is 11.0 Å². The molecule has 1 aromatic carbocycles. The Labute approximate surface area is 159 Å². The standard InChI is InChI=1S/C21H24N6/c1-3-18(27-12-11-22-14-27)13-20(16-5-6-16)19(4-2)15-7-9-17(10-8-15)21-23-25-26-24-21/h3-4,7-14,16,25-26H,5-6H2,1-2H3,(H,23,24)/b18-3+,19-4-,20-13-. The third-order valence-electron chi connectivity index (χ3n) is 4.89. The molecule has 1 aliphatic heterocycles. The van der Waals surface area contributed by atoms with Crippen molar-refractivity contribution < 1.29 is 0 Å². The Morgan fingerprint density at radius 2 is 1.96 bits per heavy atom. The Morgan fingerprint density at radius 3 is 2.52 bits per heavy atom. The highest BCUT2D eigenvalue weighted by atomic mass is 15.8. The van der Waals surface area contributed by atoms with E-state index in [4.69, 9.17) is 0 Å². The second-order valence-corrected chi connectivity index (χ2v) is 6.66. The van der Waals surface area contributed by atoms with E-state index >= 15 is 0 Å². The van der Waals surface area contributed by atoms with Crippen molar-refractivity contribution >= 4 is 17.1 Å². The van der Waals surface area contributed by atoms with Crippen LogP contribution < -0.4 is 16.5 Å². The molecular formula is C21H24N6. The zero-order chi connectivity index (χ0) is 18.6. The van der Waals surface area contributed by atoms with Gasteiger partial charge >= 0.3 is 0 Å². The summed E-state index contributed by atoms with van der Waals surface area (Å²) in [6, 6.07) is 8.51. The molecule has 0 atom stereocenters. The first-order chi connectivity index (χ1) is 13.3. The molecule has 138 valence electrons. The number of amidine groups is 1. The zero-order valence-electron chi connectivity index (χ0n) is 15.6. The third-order valence-corrected chi connectivity index (χ3v) is 4.89. The fourth-order valence-corrected chi connectivity index (χ4v) is 3.33. The minimum atomic E-state index is 0.628.